The van der Waals surface area contributed by atoms with E-state index in [0.717, 1.165) is 22.2 Å². The molecular formula is C29H29FN6O2. The van der Waals surface area contributed by atoms with Gasteiger partial charge in [0.25, 0.3) is 5.91 Å². The summed E-state index contributed by atoms with van der Waals surface area (Å²) in [6.07, 6.45) is 1.64. The first-order valence-electron chi connectivity index (χ1n) is 12.5. The first-order valence-corrected chi connectivity index (χ1v) is 12.5. The molecule has 5 rings (SSSR count). The highest BCUT2D eigenvalue weighted by molar-refractivity contribution is 6.06. The smallest absolute Gasteiger partial charge is 0.259 e. The predicted molar refractivity (Wildman–Crippen MR) is 144 cm³/mol. The lowest BCUT2D eigenvalue weighted by Gasteiger charge is -2.12. The Morgan fingerprint density at radius 3 is 2.68 bits per heavy atom. The van der Waals surface area contributed by atoms with Crippen molar-refractivity contribution in [3.63, 3.8) is 0 Å². The normalized spacial score (nSPS) is 11.4. The van der Waals surface area contributed by atoms with Gasteiger partial charge in [-0.3, -0.25) is 4.79 Å². The van der Waals surface area contributed by atoms with Crippen molar-refractivity contribution in [3.05, 3.63) is 95.7 Å². The third-order valence-electron chi connectivity index (χ3n) is 6.36. The lowest BCUT2D eigenvalue weighted by Crippen LogP contribution is -2.15. The number of carbonyl (C=O) groups is 1. The van der Waals surface area contributed by atoms with Crippen molar-refractivity contribution < 1.29 is 13.9 Å². The Morgan fingerprint density at radius 1 is 1.08 bits per heavy atom. The summed E-state index contributed by atoms with van der Waals surface area (Å²) >= 11 is 0. The van der Waals surface area contributed by atoms with E-state index in [1.165, 1.54) is 6.07 Å². The van der Waals surface area contributed by atoms with Crippen LogP contribution in [0, 0.1) is 12.7 Å². The van der Waals surface area contributed by atoms with Crippen molar-refractivity contribution in [1.82, 2.24) is 24.3 Å². The van der Waals surface area contributed by atoms with E-state index in [1.807, 2.05) is 66.3 Å². The zero-order valence-electron chi connectivity index (χ0n) is 21.6. The van der Waals surface area contributed by atoms with E-state index in [2.05, 4.69) is 20.5 Å². The molecule has 0 saturated heterocycles. The lowest BCUT2D eigenvalue weighted by atomic mass is 10.1. The zero-order chi connectivity index (χ0) is 26.6. The molecular weight excluding hydrogens is 483 g/mol. The Hall–Kier alpha value is -4.37. The van der Waals surface area contributed by atoms with Crippen LogP contribution in [0.1, 0.15) is 41.5 Å². The summed E-state index contributed by atoms with van der Waals surface area (Å²) in [5.74, 6) is -0.286. The minimum Gasteiger partial charge on any atom is -0.375 e. The van der Waals surface area contributed by atoms with E-state index >= 15 is 4.39 Å². The van der Waals surface area contributed by atoms with Crippen molar-refractivity contribution >= 4 is 22.6 Å². The molecule has 0 aliphatic carbocycles. The number of rotatable bonds is 9. The molecule has 9 heteroatoms. The van der Waals surface area contributed by atoms with Gasteiger partial charge in [0.2, 0.25) is 0 Å². The summed E-state index contributed by atoms with van der Waals surface area (Å²) in [5, 5.41) is 11.6. The molecule has 0 unspecified atom stereocenters. The maximum atomic E-state index is 15.0. The standard InChI is InChI=1S/C29H29FN6O2/c1-19(2)36-18-31-34-28(36)25-10-7-11-27(32-25)33-29(37)23-16-26-22(15-24(23)30)14-20(3)35(26)12-13-38-17-21-8-5-4-6-9-21/h4-11,14-16,18-19H,12-13,17H2,1-3H3,(H,32,33,37). The van der Waals surface area contributed by atoms with Crippen LogP contribution in [0.5, 0.6) is 0 Å². The van der Waals surface area contributed by atoms with Gasteiger partial charge in [0.05, 0.1) is 18.8 Å². The Kier molecular flexibility index (Phi) is 7.28. The molecule has 3 aromatic heterocycles. The number of aryl methyl sites for hydroxylation is 1. The number of carbonyl (C=O) groups excluding carboxylic acids is 1. The van der Waals surface area contributed by atoms with Crippen molar-refractivity contribution in [1.29, 1.82) is 0 Å². The minimum atomic E-state index is -0.594. The summed E-state index contributed by atoms with van der Waals surface area (Å²) in [5.41, 5.74) is 3.34. The molecule has 0 saturated carbocycles. The quantitative estimate of drug-likeness (QED) is 0.253. The number of hydrogen-bond acceptors (Lipinski definition) is 5. The maximum Gasteiger partial charge on any atom is 0.259 e. The van der Waals surface area contributed by atoms with E-state index in [4.69, 9.17) is 4.74 Å². The Labute approximate surface area is 220 Å². The number of halogens is 1. The van der Waals surface area contributed by atoms with Crippen LogP contribution < -0.4 is 5.32 Å². The fourth-order valence-corrected chi connectivity index (χ4v) is 4.43. The number of benzene rings is 2. The van der Waals surface area contributed by atoms with Crippen LogP contribution in [-0.4, -0.2) is 36.8 Å². The Morgan fingerprint density at radius 2 is 1.89 bits per heavy atom. The molecule has 0 aliphatic rings. The summed E-state index contributed by atoms with van der Waals surface area (Å²) in [6.45, 7) is 7.57. The first-order chi connectivity index (χ1) is 18.4. The average Bonchev–Trinajstić information content (AvgIpc) is 3.51. The average molecular weight is 513 g/mol. The topological polar surface area (TPSA) is 86.9 Å². The predicted octanol–water partition coefficient (Wildman–Crippen LogP) is 5.79. The number of amides is 1. The third-order valence-corrected chi connectivity index (χ3v) is 6.36. The van der Waals surface area contributed by atoms with Crippen molar-refractivity contribution in [2.45, 2.75) is 40.0 Å². The van der Waals surface area contributed by atoms with Gasteiger partial charge in [0.1, 0.15) is 23.7 Å². The molecule has 1 N–H and O–H groups in total. The van der Waals surface area contributed by atoms with Gasteiger partial charge in [-0.25, -0.2) is 9.37 Å². The van der Waals surface area contributed by atoms with Gasteiger partial charge in [-0.05, 0) is 56.7 Å². The summed E-state index contributed by atoms with van der Waals surface area (Å²) in [4.78, 5) is 17.6. The number of nitrogens with zero attached hydrogens (tertiary/aromatic N) is 5. The van der Waals surface area contributed by atoms with Crippen LogP contribution in [0.2, 0.25) is 0 Å². The van der Waals surface area contributed by atoms with E-state index in [-0.39, 0.29) is 11.6 Å². The molecule has 5 aromatic rings. The summed E-state index contributed by atoms with van der Waals surface area (Å²) in [6, 6.07) is 20.2. The van der Waals surface area contributed by atoms with Gasteiger partial charge in [0.15, 0.2) is 5.82 Å². The molecule has 0 radical (unpaired) electrons. The van der Waals surface area contributed by atoms with Gasteiger partial charge in [0, 0.05) is 29.2 Å². The van der Waals surface area contributed by atoms with Crippen LogP contribution in [0.25, 0.3) is 22.4 Å². The molecule has 2 aromatic carbocycles. The molecule has 1 amide bonds. The summed E-state index contributed by atoms with van der Waals surface area (Å²) < 4.78 is 24.8. The van der Waals surface area contributed by atoms with Crippen LogP contribution in [0.15, 0.2) is 73.1 Å². The van der Waals surface area contributed by atoms with Crippen molar-refractivity contribution in [2.24, 2.45) is 0 Å². The fraction of sp³-hybridized carbons (Fsp3) is 0.241. The second kappa shape index (κ2) is 10.9. The van der Waals surface area contributed by atoms with E-state index < -0.39 is 11.7 Å². The number of aromatic nitrogens is 5. The van der Waals surface area contributed by atoms with Crippen LogP contribution >= 0.6 is 0 Å². The number of anilines is 1. The second-order valence-corrected chi connectivity index (χ2v) is 9.38. The van der Waals surface area contributed by atoms with E-state index in [9.17, 15) is 4.79 Å². The molecule has 0 atom stereocenters. The van der Waals surface area contributed by atoms with Crippen molar-refractivity contribution in [3.8, 4) is 11.5 Å². The lowest BCUT2D eigenvalue weighted by molar-refractivity contribution is 0.102. The first kappa shape index (κ1) is 25.3. The summed E-state index contributed by atoms with van der Waals surface area (Å²) in [7, 11) is 0. The van der Waals surface area contributed by atoms with Gasteiger partial charge in [-0.1, -0.05) is 36.4 Å². The highest BCUT2D eigenvalue weighted by atomic mass is 19.1. The molecule has 194 valence electrons. The van der Waals surface area contributed by atoms with E-state index in [0.29, 0.717) is 37.1 Å². The number of pyridine rings is 1. The van der Waals surface area contributed by atoms with Crippen molar-refractivity contribution in [2.75, 3.05) is 11.9 Å². The molecule has 0 bridgehead atoms. The monoisotopic (exact) mass is 512 g/mol. The molecule has 3 heterocycles. The minimum absolute atomic E-state index is 0.0559. The van der Waals surface area contributed by atoms with Gasteiger partial charge < -0.3 is 19.2 Å². The highest BCUT2D eigenvalue weighted by Crippen LogP contribution is 2.25. The van der Waals surface area contributed by atoms with Crippen LogP contribution in [0.3, 0.4) is 0 Å². The molecule has 38 heavy (non-hydrogen) atoms. The number of nitrogens with one attached hydrogen (secondary N) is 1. The maximum absolute atomic E-state index is 15.0. The Balaban J connectivity index is 1.34. The zero-order valence-corrected chi connectivity index (χ0v) is 21.6. The molecule has 8 nitrogen and oxygen atoms in total. The Bertz CT molecular complexity index is 1580. The molecule has 0 aliphatic heterocycles. The number of hydrogen-bond donors (Lipinski definition) is 1. The van der Waals surface area contributed by atoms with Gasteiger partial charge in [-0.2, -0.15) is 0 Å². The molecule has 0 fully saturated rings. The number of fused-ring (bicyclic) bond motifs is 1. The van der Waals surface area contributed by atoms with E-state index in [1.54, 1.807) is 30.6 Å². The number of ether oxygens (including phenoxy) is 1. The van der Waals surface area contributed by atoms with Gasteiger partial charge in [-0.15, -0.1) is 10.2 Å². The third kappa shape index (κ3) is 5.33. The fourth-order valence-electron chi connectivity index (χ4n) is 4.43. The SMILES string of the molecule is Cc1cc2cc(F)c(C(=O)Nc3cccc(-c4nncn4C(C)C)n3)cc2n1CCOCc1ccccc1. The van der Waals surface area contributed by atoms with Crippen LogP contribution in [-0.2, 0) is 17.9 Å². The highest BCUT2D eigenvalue weighted by Gasteiger charge is 2.18. The van der Waals surface area contributed by atoms with Gasteiger partial charge >= 0.3 is 0 Å². The molecule has 0 spiro atoms. The largest absolute Gasteiger partial charge is 0.375 e. The van der Waals surface area contributed by atoms with Crippen LogP contribution in [0.4, 0.5) is 10.2 Å². The second-order valence-electron chi connectivity index (χ2n) is 9.38.